The van der Waals surface area contributed by atoms with Gasteiger partial charge < -0.3 is 14.7 Å². The van der Waals surface area contributed by atoms with E-state index in [4.69, 9.17) is 4.52 Å². The summed E-state index contributed by atoms with van der Waals surface area (Å²) in [5, 5.41) is 7.11. The molecule has 1 N–H and O–H groups in total. The van der Waals surface area contributed by atoms with Crippen molar-refractivity contribution < 1.29 is 9.32 Å². The highest BCUT2D eigenvalue weighted by molar-refractivity contribution is 5.82. The fourth-order valence-corrected chi connectivity index (χ4v) is 2.97. The molecule has 2 aliphatic heterocycles. The molecule has 1 amide bonds. The number of carbonyl (C=O) groups is 1. The van der Waals surface area contributed by atoms with Crippen LogP contribution in [0.5, 0.6) is 0 Å². The Labute approximate surface area is 112 Å². The minimum atomic E-state index is 0.0168. The molecule has 19 heavy (non-hydrogen) atoms. The largest absolute Gasteiger partial charge is 0.341 e. The van der Waals surface area contributed by atoms with E-state index in [1.54, 1.807) is 0 Å². The third-order valence-corrected chi connectivity index (χ3v) is 3.98. The lowest BCUT2D eigenvalue weighted by Gasteiger charge is -2.32. The summed E-state index contributed by atoms with van der Waals surface area (Å²) in [6, 6.07) is 0.0168. The number of aromatic nitrogens is 2. The number of aryl methyl sites for hydroxylation is 1. The summed E-state index contributed by atoms with van der Waals surface area (Å²) in [6.45, 7) is 4.33. The lowest BCUT2D eigenvalue weighted by atomic mass is 9.97. The molecule has 3 heterocycles. The summed E-state index contributed by atoms with van der Waals surface area (Å²) in [4.78, 5) is 18.6. The number of likely N-dealkylation sites (tertiary alicyclic amines) is 1. The Morgan fingerprint density at radius 3 is 3.00 bits per heavy atom. The lowest BCUT2D eigenvalue weighted by Crippen LogP contribution is -2.47. The van der Waals surface area contributed by atoms with Crippen LogP contribution in [-0.4, -0.2) is 46.6 Å². The molecule has 0 spiro atoms. The lowest BCUT2D eigenvalue weighted by molar-refractivity contribution is -0.134. The normalized spacial score (nSPS) is 27.7. The molecule has 3 rings (SSSR count). The van der Waals surface area contributed by atoms with E-state index in [1.165, 1.54) is 0 Å². The summed E-state index contributed by atoms with van der Waals surface area (Å²) in [5.41, 5.74) is 0. The summed E-state index contributed by atoms with van der Waals surface area (Å²) in [6.07, 6.45) is 4.07. The van der Waals surface area contributed by atoms with E-state index >= 15 is 0 Å². The van der Waals surface area contributed by atoms with Gasteiger partial charge in [-0.3, -0.25) is 4.79 Å². The predicted octanol–water partition coefficient (Wildman–Crippen LogP) is 0.836. The number of nitrogens with one attached hydrogen (secondary N) is 1. The zero-order chi connectivity index (χ0) is 13.2. The average molecular weight is 264 g/mol. The SMILES string of the molecule is Cc1noc(C2CCCN(C(=O)C3CCCN3)C2)n1. The van der Waals surface area contributed by atoms with Gasteiger partial charge in [0, 0.05) is 13.1 Å². The Morgan fingerprint density at radius 2 is 2.32 bits per heavy atom. The zero-order valence-corrected chi connectivity index (χ0v) is 11.3. The van der Waals surface area contributed by atoms with E-state index in [0.717, 1.165) is 38.8 Å². The number of hydrogen-bond acceptors (Lipinski definition) is 5. The van der Waals surface area contributed by atoms with Crippen LogP contribution in [0.3, 0.4) is 0 Å². The smallest absolute Gasteiger partial charge is 0.239 e. The summed E-state index contributed by atoms with van der Waals surface area (Å²) < 4.78 is 5.24. The van der Waals surface area contributed by atoms with Crippen molar-refractivity contribution in [3.8, 4) is 0 Å². The molecule has 0 radical (unpaired) electrons. The van der Waals surface area contributed by atoms with Crippen LogP contribution in [0.25, 0.3) is 0 Å². The molecule has 2 unspecified atom stereocenters. The van der Waals surface area contributed by atoms with Crippen molar-refractivity contribution in [1.82, 2.24) is 20.4 Å². The number of amides is 1. The summed E-state index contributed by atoms with van der Waals surface area (Å²) in [5.74, 6) is 1.77. The summed E-state index contributed by atoms with van der Waals surface area (Å²) >= 11 is 0. The van der Waals surface area contributed by atoms with Crippen molar-refractivity contribution in [3.05, 3.63) is 11.7 Å². The molecule has 0 bridgehead atoms. The number of rotatable bonds is 2. The average Bonchev–Trinajstić information content (AvgIpc) is 3.09. The van der Waals surface area contributed by atoms with E-state index in [-0.39, 0.29) is 17.9 Å². The quantitative estimate of drug-likeness (QED) is 0.857. The number of piperidine rings is 1. The Bertz CT molecular complexity index is 453. The van der Waals surface area contributed by atoms with Gasteiger partial charge in [-0.15, -0.1) is 0 Å². The van der Waals surface area contributed by atoms with Gasteiger partial charge in [0.25, 0.3) is 0 Å². The molecule has 2 aliphatic rings. The molecule has 6 heteroatoms. The van der Waals surface area contributed by atoms with Gasteiger partial charge in [-0.25, -0.2) is 0 Å². The standard InChI is InChI=1S/C13H20N4O2/c1-9-15-12(19-16-9)10-4-3-7-17(8-10)13(18)11-5-2-6-14-11/h10-11,14H,2-8H2,1H3. The number of hydrogen-bond donors (Lipinski definition) is 1. The predicted molar refractivity (Wildman–Crippen MR) is 68.6 cm³/mol. The van der Waals surface area contributed by atoms with Crippen molar-refractivity contribution in [2.75, 3.05) is 19.6 Å². The first-order chi connectivity index (χ1) is 9.24. The van der Waals surface area contributed by atoms with Crippen LogP contribution in [0.2, 0.25) is 0 Å². The van der Waals surface area contributed by atoms with Gasteiger partial charge in [0.2, 0.25) is 11.8 Å². The first-order valence-electron chi connectivity index (χ1n) is 7.06. The molecule has 1 aromatic heterocycles. The highest BCUT2D eigenvalue weighted by Crippen LogP contribution is 2.26. The molecule has 0 aromatic carbocycles. The second-order valence-electron chi connectivity index (χ2n) is 5.45. The Kier molecular flexibility index (Phi) is 3.50. The topological polar surface area (TPSA) is 71.3 Å². The Hall–Kier alpha value is -1.43. The zero-order valence-electron chi connectivity index (χ0n) is 11.3. The van der Waals surface area contributed by atoms with E-state index < -0.39 is 0 Å². The third-order valence-electron chi connectivity index (χ3n) is 3.98. The maximum absolute atomic E-state index is 12.4. The van der Waals surface area contributed by atoms with Gasteiger partial charge in [-0.1, -0.05) is 5.16 Å². The van der Waals surface area contributed by atoms with Crippen molar-refractivity contribution in [1.29, 1.82) is 0 Å². The second-order valence-corrected chi connectivity index (χ2v) is 5.45. The van der Waals surface area contributed by atoms with Crippen molar-refractivity contribution >= 4 is 5.91 Å². The Morgan fingerprint density at radius 1 is 1.42 bits per heavy atom. The monoisotopic (exact) mass is 264 g/mol. The highest BCUT2D eigenvalue weighted by Gasteiger charge is 2.32. The van der Waals surface area contributed by atoms with Crippen LogP contribution in [0, 0.1) is 6.92 Å². The fourth-order valence-electron chi connectivity index (χ4n) is 2.97. The molecular weight excluding hydrogens is 244 g/mol. The minimum Gasteiger partial charge on any atom is -0.341 e. The molecule has 2 saturated heterocycles. The van der Waals surface area contributed by atoms with Gasteiger partial charge in [0.05, 0.1) is 12.0 Å². The highest BCUT2D eigenvalue weighted by atomic mass is 16.5. The second kappa shape index (κ2) is 5.28. The van der Waals surface area contributed by atoms with E-state index in [0.29, 0.717) is 18.3 Å². The van der Waals surface area contributed by atoms with Crippen LogP contribution in [0.4, 0.5) is 0 Å². The van der Waals surface area contributed by atoms with Crippen molar-refractivity contribution in [2.24, 2.45) is 0 Å². The van der Waals surface area contributed by atoms with Gasteiger partial charge in [0.1, 0.15) is 0 Å². The first kappa shape index (κ1) is 12.6. The van der Waals surface area contributed by atoms with Gasteiger partial charge in [0.15, 0.2) is 5.82 Å². The maximum Gasteiger partial charge on any atom is 0.239 e. The van der Waals surface area contributed by atoms with E-state index in [2.05, 4.69) is 15.5 Å². The Balaban J connectivity index is 1.65. The molecule has 0 aliphatic carbocycles. The molecule has 6 nitrogen and oxygen atoms in total. The van der Waals surface area contributed by atoms with Crippen LogP contribution in [-0.2, 0) is 4.79 Å². The van der Waals surface area contributed by atoms with Crippen LogP contribution < -0.4 is 5.32 Å². The maximum atomic E-state index is 12.4. The first-order valence-corrected chi connectivity index (χ1v) is 7.06. The van der Waals surface area contributed by atoms with E-state index in [1.807, 2.05) is 11.8 Å². The minimum absolute atomic E-state index is 0.0168. The van der Waals surface area contributed by atoms with Crippen LogP contribution >= 0.6 is 0 Å². The third kappa shape index (κ3) is 2.63. The van der Waals surface area contributed by atoms with Crippen LogP contribution in [0.15, 0.2) is 4.52 Å². The van der Waals surface area contributed by atoms with Crippen molar-refractivity contribution in [3.63, 3.8) is 0 Å². The van der Waals surface area contributed by atoms with E-state index in [9.17, 15) is 4.79 Å². The van der Waals surface area contributed by atoms with Gasteiger partial charge >= 0.3 is 0 Å². The van der Waals surface area contributed by atoms with Gasteiger partial charge in [-0.05, 0) is 39.2 Å². The summed E-state index contributed by atoms with van der Waals surface area (Å²) in [7, 11) is 0. The van der Waals surface area contributed by atoms with Gasteiger partial charge in [-0.2, -0.15) is 4.98 Å². The van der Waals surface area contributed by atoms with Crippen LogP contribution in [0.1, 0.15) is 43.3 Å². The molecular formula is C13H20N4O2. The number of nitrogens with zero attached hydrogens (tertiary/aromatic N) is 3. The molecule has 0 saturated carbocycles. The molecule has 2 fully saturated rings. The fraction of sp³-hybridized carbons (Fsp3) is 0.769. The molecule has 2 atom stereocenters. The van der Waals surface area contributed by atoms with Crippen molar-refractivity contribution in [2.45, 2.75) is 44.6 Å². The number of carbonyl (C=O) groups excluding carboxylic acids is 1. The molecule has 1 aromatic rings. The molecule has 104 valence electrons.